The predicted octanol–water partition coefficient (Wildman–Crippen LogP) is 3.88. The number of rotatable bonds is 8. The van der Waals surface area contributed by atoms with Crippen molar-refractivity contribution in [3.63, 3.8) is 0 Å². The summed E-state index contributed by atoms with van der Waals surface area (Å²) in [6.07, 6.45) is -4.36. The molecule has 0 heterocycles. The number of ether oxygens (including phenoxy) is 1. The van der Waals surface area contributed by atoms with E-state index in [2.05, 4.69) is 15.4 Å². The minimum absolute atomic E-state index is 0.0418. The van der Waals surface area contributed by atoms with Crippen molar-refractivity contribution in [3.05, 3.63) is 59.7 Å². The lowest BCUT2D eigenvalue weighted by Crippen LogP contribution is -2.28. The van der Waals surface area contributed by atoms with Crippen molar-refractivity contribution in [1.29, 1.82) is 0 Å². The fourth-order valence-corrected chi connectivity index (χ4v) is 3.26. The van der Waals surface area contributed by atoms with Crippen LogP contribution in [0.4, 0.5) is 23.7 Å². The third-order valence-corrected chi connectivity index (χ3v) is 5.57. The van der Waals surface area contributed by atoms with Crippen molar-refractivity contribution < 1.29 is 31.1 Å². The molecule has 0 aromatic heterocycles. The first-order valence-electron chi connectivity index (χ1n) is 8.69. The van der Waals surface area contributed by atoms with Gasteiger partial charge < -0.3 is 15.4 Å². The van der Waals surface area contributed by atoms with Gasteiger partial charge in [-0.25, -0.2) is 13.2 Å². The van der Waals surface area contributed by atoms with E-state index >= 15 is 0 Å². The Morgan fingerprint density at radius 3 is 2.34 bits per heavy atom. The molecule has 0 saturated carbocycles. The molecule has 6 nitrogen and oxygen atoms in total. The van der Waals surface area contributed by atoms with Gasteiger partial charge in [0.1, 0.15) is 6.61 Å². The zero-order valence-electron chi connectivity index (χ0n) is 15.6. The van der Waals surface area contributed by atoms with E-state index in [0.717, 1.165) is 5.56 Å². The highest BCUT2D eigenvalue weighted by atomic mass is 32.2. The van der Waals surface area contributed by atoms with Crippen LogP contribution < -0.4 is 10.6 Å². The van der Waals surface area contributed by atoms with Crippen LogP contribution in [-0.4, -0.2) is 33.0 Å². The number of urea groups is 1. The summed E-state index contributed by atoms with van der Waals surface area (Å²) in [5.41, 5.74) is 1.66. The summed E-state index contributed by atoms with van der Waals surface area (Å²) in [7, 11) is -3.38. The van der Waals surface area contributed by atoms with Gasteiger partial charge in [-0.05, 0) is 29.3 Å². The van der Waals surface area contributed by atoms with Gasteiger partial charge in [0, 0.05) is 12.2 Å². The summed E-state index contributed by atoms with van der Waals surface area (Å²) in [6, 6.07) is 12.0. The fourth-order valence-electron chi connectivity index (χ4n) is 2.33. The van der Waals surface area contributed by atoms with Crippen LogP contribution >= 0.6 is 0 Å². The van der Waals surface area contributed by atoms with Gasteiger partial charge in [0.05, 0.1) is 17.3 Å². The van der Waals surface area contributed by atoms with Gasteiger partial charge in [-0.3, -0.25) is 0 Å². The van der Waals surface area contributed by atoms with Crippen molar-refractivity contribution >= 4 is 21.6 Å². The van der Waals surface area contributed by atoms with Gasteiger partial charge in [0.2, 0.25) is 0 Å². The minimum Gasteiger partial charge on any atom is -0.367 e. The summed E-state index contributed by atoms with van der Waals surface area (Å²) in [4.78, 5) is 12.1. The maximum absolute atomic E-state index is 12.1. The summed E-state index contributed by atoms with van der Waals surface area (Å²) in [5, 5.41) is 5.18. The van der Waals surface area contributed by atoms with E-state index in [1.807, 2.05) is 0 Å². The highest BCUT2D eigenvalue weighted by molar-refractivity contribution is 7.91. The van der Waals surface area contributed by atoms with Gasteiger partial charge in [0.25, 0.3) is 0 Å². The molecular formula is C19H21F3N2O4S. The first-order chi connectivity index (χ1) is 13.6. The molecule has 0 fully saturated rings. The first kappa shape index (κ1) is 22.7. The lowest BCUT2D eigenvalue weighted by Gasteiger charge is -2.10. The first-order valence-corrected chi connectivity index (χ1v) is 10.3. The largest absolute Gasteiger partial charge is 0.411 e. The van der Waals surface area contributed by atoms with Crippen LogP contribution in [-0.2, 0) is 27.7 Å². The monoisotopic (exact) mass is 430 g/mol. The maximum atomic E-state index is 12.1. The van der Waals surface area contributed by atoms with Crippen molar-refractivity contribution in [2.75, 3.05) is 17.7 Å². The molecule has 158 valence electrons. The molecular weight excluding hydrogens is 409 g/mol. The molecule has 0 radical (unpaired) electrons. The zero-order chi connectivity index (χ0) is 21.5. The molecule has 0 bridgehead atoms. The minimum atomic E-state index is -4.36. The number of sulfone groups is 1. The van der Waals surface area contributed by atoms with E-state index in [4.69, 9.17) is 0 Å². The Kier molecular flexibility index (Phi) is 7.63. The number of amides is 2. The Morgan fingerprint density at radius 2 is 1.72 bits per heavy atom. The Balaban J connectivity index is 1.84. The molecule has 0 aliphatic rings. The van der Waals surface area contributed by atoms with Crippen LogP contribution in [0, 0.1) is 0 Å². The van der Waals surface area contributed by atoms with Gasteiger partial charge in [-0.15, -0.1) is 0 Å². The molecule has 0 atom stereocenters. The van der Waals surface area contributed by atoms with E-state index in [9.17, 15) is 26.4 Å². The molecule has 2 N–H and O–H groups in total. The smallest absolute Gasteiger partial charge is 0.367 e. The van der Waals surface area contributed by atoms with Crippen molar-refractivity contribution in [2.24, 2.45) is 0 Å². The number of carbonyl (C=O) groups is 1. The number of nitrogens with one attached hydrogen (secondary N) is 2. The molecule has 2 rings (SSSR count). The number of alkyl halides is 3. The normalized spacial score (nSPS) is 11.9. The number of benzene rings is 2. The van der Waals surface area contributed by atoms with Crippen molar-refractivity contribution in [1.82, 2.24) is 5.32 Å². The van der Waals surface area contributed by atoms with Crippen LogP contribution in [0.5, 0.6) is 0 Å². The van der Waals surface area contributed by atoms with E-state index in [-0.39, 0.29) is 23.8 Å². The third kappa shape index (κ3) is 7.74. The van der Waals surface area contributed by atoms with E-state index in [1.54, 1.807) is 30.3 Å². The number of anilines is 1. The molecule has 2 aromatic rings. The van der Waals surface area contributed by atoms with Crippen molar-refractivity contribution in [3.8, 4) is 0 Å². The van der Waals surface area contributed by atoms with E-state index < -0.39 is 28.7 Å². The molecule has 0 saturated heterocycles. The molecule has 0 aliphatic heterocycles. The predicted molar refractivity (Wildman–Crippen MR) is 102 cm³/mol. The number of hydrogen-bond donors (Lipinski definition) is 2. The zero-order valence-corrected chi connectivity index (χ0v) is 16.4. The van der Waals surface area contributed by atoms with Crippen LogP contribution in [0.25, 0.3) is 0 Å². The topological polar surface area (TPSA) is 84.5 Å². The van der Waals surface area contributed by atoms with Crippen molar-refractivity contribution in [2.45, 2.75) is 31.1 Å². The average molecular weight is 430 g/mol. The molecule has 0 unspecified atom stereocenters. The Labute approximate surface area is 167 Å². The third-order valence-electron chi connectivity index (χ3n) is 3.84. The summed E-state index contributed by atoms with van der Waals surface area (Å²) in [5.74, 6) is -0.0418. The summed E-state index contributed by atoms with van der Waals surface area (Å²) >= 11 is 0. The van der Waals surface area contributed by atoms with Crippen LogP contribution in [0.15, 0.2) is 53.4 Å². The van der Waals surface area contributed by atoms with Gasteiger partial charge >= 0.3 is 12.2 Å². The van der Waals surface area contributed by atoms with Gasteiger partial charge in [-0.2, -0.15) is 13.2 Å². The second-order valence-electron chi connectivity index (χ2n) is 6.16. The average Bonchev–Trinajstić information content (AvgIpc) is 2.66. The van der Waals surface area contributed by atoms with Crippen LogP contribution in [0.3, 0.4) is 0 Å². The Hall–Kier alpha value is -2.59. The lowest BCUT2D eigenvalue weighted by molar-refractivity contribution is -0.176. The molecule has 10 heteroatoms. The lowest BCUT2D eigenvalue weighted by atomic mass is 10.1. The number of hydrogen-bond acceptors (Lipinski definition) is 4. The SMILES string of the molecule is CCS(=O)(=O)c1cccc(NC(=O)NCc2ccc(COCC(F)(F)F)cc2)c1. The molecule has 2 aromatic carbocycles. The van der Waals surface area contributed by atoms with Gasteiger partial charge in [-0.1, -0.05) is 37.3 Å². The Morgan fingerprint density at radius 1 is 1.07 bits per heavy atom. The second kappa shape index (κ2) is 9.75. The molecule has 0 aliphatic carbocycles. The highest BCUT2D eigenvalue weighted by Gasteiger charge is 2.27. The molecule has 29 heavy (non-hydrogen) atoms. The quantitative estimate of drug-likeness (QED) is 0.666. The van der Waals surface area contributed by atoms with Gasteiger partial charge in [0.15, 0.2) is 9.84 Å². The number of halogens is 3. The number of carbonyl (C=O) groups excluding carboxylic acids is 1. The fraction of sp³-hybridized carbons (Fsp3) is 0.316. The summed E-state index contributed by atoms with van der Waals surface area (Å²) < 4.78 is 64.5. The standard InChI is InChI=1S/C19H21F3N2O4S/c1-2-29(26,27)17-5-3-4-16(10-17)24-18(25)23-11-14-6-8-15(9-7-14)12-28-13-19(20,21)22/h3-10H,2,11-13H2,1H3,(H2,23,24,25). The molecule has 0 spiro atoms. The summed E-state index contributed by atoms with van der Waals surface area (Å²) in [6.45, 7) is 0.250. The highest BCUT2D eigenvalue weighted by Crippen LogP contribution is 2.17. The molecule has 2 amide bonds. The Bertz CT molecular complexity index is 929. The van der Waals surface area contributed by atoms with Crippen LogP contribution in [0.1, 0.15) is 18.1 Å². The maximum Gasteiger partial charge on any atom is 0.411 e. The van der Waals surface area contributed by atoms with Crippen LogP contribution in [0.2, 0.25) is 0 Å². The van der Waals surface area contributed by atoms with E-state index in [1.165, 1.54) is 25.1 Å². The van der Waals surface area contributed by atoms with E-state index in [0.29, 0.717) is 11.3 Å². The second-order valence-corrected chi connectivity index (χ2v) is 8.44.